The maximum Gasteiger partial charge on any atom is 0.138 e. The maximum absolute atomic E-state index is 5.70. The molecule has 0 radical (unpaired) electrons. The van der Waals surface area contributed by atoms with E-state index in [-0.39, 0.29) is 0 Å². The smallest absolute Gasteiger partial charge is 0.138 e. The standard InChI is InChI=1S/C21H16N2/c1-4-15-11-8-12-17-18(15)13(2)14(3)19-20(17)23-21(22-19)16-9-6-5-7-10-16/h1,5-12H,2-3H3,(H,22,23). The van der Waals surface area contributed by atoms with Crippen LogP contribution in [0.5, 0.6) is 0 Å². The van der Waals surface area contributed by atoms with Gasteiger partial charge in [-0.2, -0.15) is 0 Å². The summed E-state index contributed by atoms with van der Waals surface area (Å²) in [5.41, 5.74) is 6.46. The van der Waals surface area contributed by atoms with Crippen LogP contribution >= 0.6 is 0 Å². The highest BCUT2D eigenvalue weighted by atomic mass is 14.9. The average molecular weight is 296 g/mol. The van der Waals surface area contributed by atoms with Gasteiger partial charge in [0.1, 0.15) is 5.82 Å². The highest BCUT2D eigenvalue weighted by Gasteiger charge is 2.15. The molecule has 3 aromatic carbocycles. The van der Waals surface area contributed by atoms with Gasteiger partial charge in [0.2, 0.25) is 0 Å². The van der Waals surface area contributed by atoms with Crippen molar-refractivity contribution in [3.63, 3.8) is 0 Å². The molecule has 0 unspecified atom stereocenters. The first-order chi connectivity index (χ1) is 11.2. The van der Waals surface area contributed by atoms with Crippen LogP contribution in [0.15, 0.2) is 48.5 Å². The molecule has 4 rings (SSSR count). The van der Waals surface area contributed by atoms with Crippen molar-refractivity contribution in [1.29, 1.82) is 0 Å². The first-order valence-corrected chi connectivity index (χ1v) is 7.64. The van der Waals surface area contributed by atoms with Crippen LogP contribution in [0.2, 0.25) is 0 Å². The molecule has 0 atom stereocenters. The van der Waals surface area contributed by atoms with Gasteiger partial charge in [-0.05, 0) is 31.0 Å². The lowest BCUT2D eigenvalue weighted by Crippen LogP contribution is -1.90. The van der Waals surface area contributed by atoms with Crippen LogP contribution in [0.3, 0.4) is 0 Å². The van der Waals surface area contributed by atoms with Gasteiger partial charge in [0.15, 0.2) is 0 Å². The van der Waals surface area contributed by atoms with Gasteiger partial charge in [-0.3, -0.25) is 0 Å². The molecule has 1 aromatic heterocycles. The maximum atomic E-state index is 5.70. The van der Waals surface area contributed by atoms with Crippen LogP contribution in [0, 0.1) is 26.2 Å². The molecule has 1 N–H and O–H groups in total. The summed E-state index contributed by atoms with van der Waals surface area (Å²) in [6.07, 6.45) is 5.70. The number of aromatic amines is 1. The SMILES string of the molecule is C#Cc1cccc2c1c(C)c(C)c1nc(-c3ccccc3)[nH]c12. The monoisotopic (exact) mass is 296 g/mol. The quantitative estimate of drug-likeness (QED) is 0.493. The molecule has 0 saturated heterocycles. The predicted octanol–water partition coefficient (Wildman–Crippen LogP) is 4.98. The Balaban J connectivity index is 2.15. The van der Waals surface area contributed by atoms with Gasteiger partial charge in [-0.15, -0.1) is 6.42 Å². The summed E-state index contributed by atoms with van der Waals surface area (Å²) in [4.78, 5) is 8.34. The van der Waals surface area contributed by atoms with E-state index in [2.05, 4.69) is 43.0 Å². The molecule has 0 aliphatic rings. The van der Waals surface area contributed by atoms with Crippen molar-refractivity contribution in [2.24, 2.45) is 0 Å². The summed E-state index contributed by atoms with van der Waals surface area (Å²) >= 11 is 0. The number of imidazole rings is 1. The fourth-order valence-electron chi connectivity index (χ4n) is 3.22. The Labute approximate surface area is 135 Å². The lowest BCUT2D eigenvalue weighted by Gasteiger charge is -2.09. The number of benzene rings is 3. The van der Waals surface area contributed by atoms with Crippen LogP contribution in [-0.4, -0.2) is 9.97 Å². The summed E-state index contributed by atoms with van der Waals surface area (Å²) < 4.78 is 0. The summed E-state index contributed by atoms with van der Waals surface area (Å²) in [6, 6.07) is 16.3. The number of fused-ring (bicyclic) bond motifs is 3. The summed E-state index contributed by atoms with van der Waals surface area (Å²) in [6.45, 7) is 4.23. The van der Waals surface area contributed by atoms with E-state index < -0.39 is 0 Å². The summed E-state index contributed by atoms with van der Waals surface area (Å²) in [7, 11) is 0. The Morgan fingerprint density at radius 3 is 2.48 bits per heavy atom. The molecule has 0 amide bonds. The number of hydrogen-bond acceptors (Lipinski definition) is 1. The van der Waals surface area contributed by atoms with Gasteiger partial charge in [0.05, 0.1) is 11.0 Å². The third-order valence-corrected chi connectivity index (χ3v) is 4.53. The van der Waals surface area contributed by atoms with Crippen molar-refractivity contribution in [2.75, 3.05) is 0 Å². The lowest BCUT2D eigenvalue weighted by molar-refractivity contribution is 1.32. The Kier molecular flexibility index (Phi) is 2.96. The topological polar surface area (TPSA) is 28.7 Å². The normalized spacial score (nSPS) is 11.0. The molecule has 0 bridgehead atoms. The van der Waals surface area contributed by atoms with E-state index in [4.69, 9.17) is 11.4 Å². The first kappa shape index (κ1) is 13.6. The van der Waals surface area contributed by atoms with Crippen molar-refractivity contribution in [3.05, 3.63) is 65.2 Å². The summed E-state index contributed by atoms with van der Waals surface area (Å²) in [5, 5.41) is 2.27. The zero-order valence-electron chi connectivity index (χ0n) is 13.1. The van der Waals surface area contributed by atoms with E-state index in [1.165, 1.54) is 11.1 Å². The van der Waals surface area contributed by atoms with Crippen molar-refractivity contribution < 1.29 is 0 Å². The van der Waals surface area contributed by atoms with E-state index in [1.54, 1.807) is 0 Å². The number of H-pyrrole nitrogens is 1. The van der Waals surface area contributed by atoms with Crippen molar-refractivity contribution in [3.8, 4) is 23.7 Å². The van der Waals surface area contributed by atoms with Crippen LogP contribution in [0.25, 0.3) is 33.2 Å². The van der Waals surface area contributed by atoms with Gasteiger partial charge >= 0.3 is 0 Å². The molecular weight excluding hydrogens is 280 g/mol. The third kappa shape index (κ3) is 1.94. The number of hydrogen-bond donors (Lipinski definition) is 1. The Hall–Kier alpha value is -3.05. The van der Waals surface area contributed by atoms with Gasteiger partial charge in [0.25, 0.3) is 0 Å². The minimum atomic E-state index is 0.890. The number of nitrogens with zero attached hydrogens (tertiary/aromatic N) is 1. The number of terminal acetylenes is 1. The van der Waals surface area contributed by atoms with E-state index in [1.807, 2.05) is 30.3 Å². The number of aryl methyl sites for hydroxylation is 2. The van der Waals surface area contributed by atoms with Crippen LogP contribution in [-0.2, 0) is 0 Å². The number of nitrogens with one attached hydrogen (secondary N) is 1. The second-order valence-electron chi connectivity index (χ2n) is 5.80. The Bertz CT molecular complexity index is 1080. The molecule has 110 valence electrons. The molecule has 0 saturated carbocycles. The molecule has 1 heterocycles. The second kappa shape index (κ2) is 5.00. The predicted molar refractivity (Wildman–Crippen MR) is 96.4 cm³/mol. The highest BCUT2D eigenvalue weighted by Crippen LogP contribution is 2.34. The lowest BCUT2D eigenvalue weighted by atomic mass is 9.95. The molecule has 0 spiro atoms. The third-order valence-electron chi connectivity index (χ3n) is 4.53. The van der Waals surface area contributed by atoms with Gasteiger partial charge in [-0.25, -0.2) is 4.98 Å². The fraction of sp³-hybridized carbons (Fsp3) is 0.0952. The molecule has 4 aromatic rings. The minimum absolute atomic E-state index is 0.890. The zero-order chi connectivity index (χ0) is 16.0. The molecule has 0 fully saturated rings. The Morgan fingerprint density at radius 2 is 1.74 bits per heavy atom. The number of rotatable bonds is 1. The summed E-state index contributed by atoms with van der Waals surface area (Å²) in [5.74, 6) is 3.70. The van der Waals surface area contributed by atoms with Gasteiger partial charge < -0.3 is 4.98 Å². The minimum Gasteiger partial charge on any atom is -0.337 e. The largest absolute Gasteiger partial charge is 0.337 e. The Morgan fingerprint density at radius 1 is 0.957 bits per heavy atom. The van der Waals surface area contributed by atoms with Crippen LogP contribution < -0.4 is 0 Å². The van der Waals surface area contributed by atoms with Crippen molar-refractivity contribution in [1.82, 2.24) is 9.97 Å². The molecule has 23 heavy (non-hydrogen) atoms. The van der Waals surface area contributed by atoms with Crippen molar-refractivity contribution >= 4 is 21.8 Å². The van der Waals surface area contributed by atoms with E-state index >= 15 is 0 Å². The first-order valence-electron chi connectivity index (χ1n) is 7.64. The zero-order valence-corrected chi connectivity index (χ0v) is 13.1. The van der Waals surface area contributed by atoms with Crippen LogP contribution in [0.4, 0.5) is 0 Å². The average Bonchev–Trinajstić information content (AvgIpc) is 3.05. The van der Waals surface area contributed by atoms with E-state index in [9.17, 15) is 0 Å². The van der Waals surface area contributed by atoms with Crippen LogP contribution in [0.1, 0.15) is 16.7 Å². The van der Waals surface area contributed by atoms with E-state index in [0.29, 0.717) is 0 Å². The molecule has 0 aliphatic heterocycles. The van der Waals surface area contributed by atoms with Gasteiger partial charge in [-0.1, -0.05) is 48.4 Å². The van der Waals surface area contributed by atoms with Crippen molar-refractivity contribution in [2.45, 2.75) is 13.8 Å². The van der Waals surface area contributed by atoms with E-state index in [0.717, 1.165) is 38.8 Å². The molecular formula is C21H16N2. The van der Waals surface area contributed by atoms with Gasteiger partial charge in [0, 0.05) is 21.9 Å². The molecule has 2 nitrogen and oxygen atoms in total. The highest BCUT2D eigenvalue weighted by molar-refractivity contribution is 6.10. The fourth-order valence-corrected chi connectivity index (χ4v) is 3.22. The molecule has 2 heteroatoms. The number of aromatic nitrogens is 2. The second-order valence-corrected chi connectivity index (χ2v) is 5.80. The molecule has 0 aliphatic carbocycles.